The maximum Gasteiger partial charge on any atom is 0.0549 e. The first-order chi connectivity index (χ1) is 6.74. The predicted molar refractivity (Wildman–Crippen MR) is 62.5 cm³/mol. The number of aliphatic hydroxyl groups is 1. The molecule has 2 heteroatoms. The largest absolute Gasteiger partial charge is 0.393 e. The SMILES string of the molecule is CCCC(CCC)NCCC(O)CC. The van der Waals surface area contributed by atoms with E-state index in [0.717, 1.165) is 19.4 Å². The Morgan fingerprint density at radius 2 is 1.57 bits per heavy atom. The van der Waals surface area contributed by atoms with Gasteiger partial charge in [0.15, 0.2) is 0 Å². The predicted octanol–water partition coefficient (Wildman–Crippen LogP) is 2.71. The van der Waals surface area contributed by atoms with E-state index in [4.69, 9.17) is 0 Å². The molecule has 0 amide bonds. The molecule has 2 nitrogen and oxygen atoms in total. The highest BCUT2D eigenvalue weighted by Gasteiger charge is 2.06. The molecular weight excluding hydrogens is 174 g/mol. The summed E-state index contributed by atoms with van der Waals surface area (Å²) in [6, 6.07) is 0.661. The van der Waals surface area contributed by atoms with Crippen molar-refractivity contribution in [2.45, 2.75) is 71.4 Å². The molecule has 0 radical (unpaired) electrons. The minimum atomic E-state index is -0.119. The molecule has 86 valence electrons. The van der Waals surface area contributed by atoms with Crippen molar-refractivity contribution in [3.05, 3.63) is 0 Å². The fraction of sp³-hybridized carbons (Fsp3) is 1.00. The molecule has 0 rings (SSSR count). The highest BCUT2D eigenvalue weighted by Crippen LogP contribution is 2.05. The maximum absolute atomic E-state index is 9.39. The van der Waals surface area contributed by atoms with Crippen molar-refractivity contribution in [1.82, 2.24) is 5.32 Å². The van der Waals surface area contributed by atoms with Crippen LogP contribution in [-0.4, -0.2) is 23.8 Å². The molecule has 1 atom stereocenters. The van der Waals surface area contributed by atoms with Crippen LogP contribution in [0.25, 0.3) is 0 Å². The van der Waals surface area contributed by atoms with E-state index in [-0.39, 0.29) is 6.10 Å². The monoisotopic (exact) mass is 201 g/mol. The van der Waals surface area contributed by atoms with Gasteiger partial charge in [-0.1, -0.05) is 33.6 Å². The molecule has 0 aliphatic rings. The summed E-state index contributed by atoms with van der Waals surface area (Å²) < 4.78 is 0. The van der Waals surface area contributed by atoms with Crippen LogP contribution >= 0.6 is 0 Å². The van der Waals surface area contributed by atoms with Crippen LogP contribution in [0.2, 0.25) is 0 Å². The normalized spacial score (nSPS) is 13.5. The van der Waals surface area contributed by atoms with Gasteiger partial charge in [0.2, 0.25) is 0 Å². The third kappa shape index (κ3) is 7.34. The van der Waals surface area contributed by atoms with Crippen molar-refractivity contribution in [2.75, 3.05) is 6.54 Å². The van der Waals surface area contributed by atoms with Crippen LogP contribution < -0.4 is 5.32 Å². The van der Waals surface area contributed by atoms with Gasteiger partial charge in [0, 0.05) is 6.04 Å². The summed E-state index contributed by atoms with van der Waals surface area (Å²) >= 11 is 0. The van der Waals surface area contributed by atoms with Crippen LogP contribution in [-0.2, 0) is 0 Å². The second kappa shape index (κ2) is 9.47. The molecule has 0 aromatic heterocycles. The lowest BCUT2D eigenvalue weighted by Gasteiger charge is -2.18. The zero-order chi connectivity index (χ0) is 10.8. The molecule has 2 N–H and O–H groups in total. The summed E-state index contributed by atoms with van der Waals surface area (Å²) in [4.78, 5) is 0. The number of aliphatic hydroxyl groups excluding tert-OH is 1. The van der Waals surface area contributed by atoms with Gasteiger partial charge in [0.1, 0.15) is 0 Å². The average Bonchev–Trinajstić information content (AvgIpc) is 2.18. The number of nitrogens with one attached hydrogen (secondary N) is 1. The van der Waals surface area contributed by atoms with E-state index in [2.05, 4.69) is 19.2 Å². The van der Waals surface area contributed by atoms with Crippen LogP contribution in [0.5, 0.6) is 0 Å². The third-order valence-corrected chi connectivity index (χ3v) is 2.66. The van der Waals surface area contributed by atoms with E-state index in [1.54, 1.807) is 0 Å². The molecule has 1 unspecified atom stereocenters. The lowest BCUT2D eigenvalue weighted by Crippen LogP contribution is -2.31. The van der Waals surface area contributed by atoms with Crippen LogP contribution in [0.4, 0.5) is 0 Å². The Bertz CT molecular complexity index is 111. The molecule has 0 saturated carbocycles. The second-order valence-electron chi connectivity index (χ2n) is 4.08. The number of hydrogen-bond donors (Lipinski definition) is 2. The lowest BCUT2D eigenvalue weighted by molar-refractivity contribution is 0.158. The van der Waals surface area contributed by atoms with Crippen molar-refractivity contribution in [2.24, 2.45) is 0 Å². The Morgan fingerprint density at radius 3 is 2.00 bits per heavy atom. The number of rotatable bonds is 9. The van der Waals surface area contributed by atoms with Crippen LogP contribution in [0.1, 0.15) is 59.3 Å². The molecule has 14 heavy (non-hydrogen) atoms. The van der Waals surface area contributed by atoms with Gasteiger partial charge in [0.05, 0.1) is 6.10 Å². The summed E-state index contributed by atoms with van der Waals surface area (Å²) in [5, 5.41) is 12.9. The Hall–Kier alpha value is -0.0800. The summed E-state index contributed by atoms with van der Waals surface area (Å²) in [6.45, 7) is 7.44. The van der Waals surface area contributed by atoms with E-state index in [1.165, 1.54) is 25.7 Å². The first kappa shape index (κ1) is 13.9. The summed E-state index contributed by atoms with van der Waals surface area (Å²) in [5.74, 6) is 0. The Kier molecular flexibility index (Phi) is 9.42. The van der Waals surface area contributed by atoms with Gasteiger partial charge in [-0.25, -0.2) is 0 Å². The van der Waals surface area contributed by atoms with Crippen LogP contribution in [0, 0.1) is 0 Å². The van der Waals surface area contributed by atoms with E-state index in [0.29, 0.717) is 6.04 Å². The average molecular weight is 201 g/mol. The molecule has 0 spiro atoms. The fourth-order valence-electron chi connectivity index (χ4n) is 1.70. The van der Waals surface area contributed by atoms with Crippen LogP contribution in [0.3, 0.4) is 0 Å². The minimum Gasteiger partial charge on any atom is -0.393 e. The topological polar surface area (TPSA) is 32.3 Å². The minimum absolute atomic E-state index is 0.119. The molecule has 0 saturated heterocycles. The third-order valence-electron chi connectivity index (χ3n) is 2.66. The molecule has 0 aliphatic heterocycles. The summed E-state index contributed by atoms with van der Waals surface area (Å²) in [6.07, 6.45) is 6.65. The second-order valence-corrected chi connectivity index (χ2v) is 4.08. The van der Waals surface area contributed by atoms with Crippen molar-refractivity contribution in [3.63, 3.8) is 0 Å². The van der Waals surface area contributed by atoms with Gasteiger partial charge < -0.3 is 10.4 Å². The smallest absolute Gasteiger partial charge is 0.0549 e. The van der Waals surface area contributed by atoms with Gasteiger partial charge in [-0.05, 0) is 32.2 Å². The van der Waals surface area contributed by atoms with Gasteiger partial charge in [0.25, 0.3) is 0 Å². The van der Waals surface area contributed by atoms with E-state index >= 15 is 0 Å². The zero-order valence-corrected chi connectivity index (χ0v) is 10.1. The Balaban J connectivity index is 3.49. The lowest BCUT2D eigenvalue weighted by atomic mass is 10.1. The first-order valence-corrected chi connectivity index (χ1v) is 6.15. The van der Waals surface area contributed by atoms with E-state index in [1.807, 2.05) is 6.92 Å². The Labute approximate surface area is 89.1 Å². The molecule has 0 heterocycles. The fourth-order valence-corrected chi connectivity index (χ4v) is 1.70. The van der Waals surface area contributed by atoms with E-state index < -0.39 is 0 Å². The standard InChI is InChI=1S/C12H27NO/c1-4-7-11(8-5-2)13-10-9-12(14)6-3/h11-14H,4-10H2,1-3H3. The molecular formula is C12H27NO. The van der Waals surface area contributed by atoms with Crippen molar-refractivity contribution >= 4 is 0 Å². The maximum atomic E-state index is 9.39. The quantitative estimate of drug-likeness (QED) is 0.601. The summed E-state index contributed by atoms with van der Waals surface area (Å²) in [5.41, 5.74) is 0. The van der Waals surface area contributed by atoms with Gasteiger partial charge in [-0.3, -0.25) is 0 Å². The molecule has 0 aliphatic carbocycles. The van der Waals surface area contributed by atoms with Crippen molar-refractivity contribution in [1.29, 1.82) is 0 Å². The van der Waals surface area contributed by atoms with Gasteiger partial charge in [-0.2, -0.15) is 0 Å². The van der Waals surface area contributed by atoms with E-state index in [9.17, 15) is 5.11 Å². The molecule has 0 fully saturated rings. The van der Waals surface area contributed by atoms with Crippen LogP contribution in [0.15, 0.2) is 0 Å². The molecule has 0 aromatic carbocycles. The van der Waals surface area contributed by atoms with Gasteiger partial charge in [-0.15, -0.1) is 0 Å². The Morgan fingerprint density at radius 1 is 1.00 bits per heavy atom. The van der Waals surface area contributed by atoms with Gasteiger partial charge >= 0.3 is 0 Å². The van der Waals surface area contributed by atoms with Crippen molar-refractivity contribution in [3.8, 4) is 0 Å². The van der Waals surface area contributed by atoms with Crippen molar-refractivity contribution < 1.29 is 5.11 Å². The number of hydrogen-bond acceptors (Lipinski definition) is 2. The molecule has 0 aromatic rings. The summed E-state index contributed by atoms with van der Waals surface area (Å²) in [7, 11) is 0. The first-order valence-electron chi connectivity index (χ1n) is 6.15. The highest BCUT2D eigenvalue weighted by atomic mass is 16.3. The highest BCUT2D eigenvalue weighted by molar-refractivity contribution is 4.66. The molecule has 0 bridgehead atoms. The zero-order valence-electron chi connectivity index (χ0n) is 10.1.